The van der Waals surface area contributed by atoms with Gasteiger partial charge in [0, 0.05) is 24.2 Å². The lowest BCUT2D eigenvalue weighted by Gasteiger charge is -2.32. The molecule has 3 heterocycles. The molecule has 31 heavy (non-hydrogen) atoms. The Kier molecular flexibility index (Phi) is 5.06. The van der Waals surface area contributed by atoms with E-state index in [2.05, 4.69) is 46.2 Å². The van der Waals surface area contributed by atoms with E-state index >= 15 is 0 Å². The van der Waals surface area contributed by atoms with Gasteiger partial charge in [-0.3, -0.25) is 4.79 Å². The Bertz CT molecular complexity index is 1230. The molecule has 0 unspecified atom stereocenters. The van der Waals surface area contributed by atoms with Crippen LogP contribution in [0.25, 0.3) is 22.1 Å². The number of para-hydroxylation sites is 1. The van der Waals surface area contributed by atoms with Crippen LogP contribution in [-0.2, 0) is 4.79 Å². The fraction of sp³-hybridized carbons (Fsp3) is 0.320. The van der Waals surface area contributed by atoms with E-state index in [-0.39, 0.29) is 11.8 Å². The molecule has 0 saturated carbocycles. The van der Waals surface area contributed by atoms with Crippen molar-refractivity contribution in [3.8, 4) is 0 Å². The molecule has 0 radical (unpaired) electrons. The Balaban J connectivity index is 1.36. The van der Waals surface area contributed by atoms with Crippen LogP contribution in [-0.4, -0.2) is 29.0 Å². The number of carbonyl (C=O) groups excluding carboxylic acids is 1. The van der Waals surface area contributed by atoms with E-state index in [9.17, 15) is 4.79 Å². The third-order valence-electron chi connectivity index (χ3n) is 6.08. The molecule has 6 heteroatoms. The molecule has 2 aromatic carbocycles. The van der Waals surface area contributed by atoms with Gasteiger partial charge >= 0.3 is 0 Å². The van der Waals surface area contributed by atoms with Crippen LogP contribution in [0.5, 0.6) is 0 Å². The number of furan rings is 1. The average molecular weight is 415 g/mol. The number of rotatable bonds is 4. The number of benzene rings is 2. The second-order valence-corrected chi connectivity index (χ2v) is 8.52. The van der Waals surface area contributed by atoms with Crippen LogP contribution < -0.4 is 10.2 Å². The minimum Gasteiger partial charge on any atom is -0.450 e. The zero-order chi connectivity index (χ0) is 21.4. The molecule has 0 aliphatic carbocycles. The van der Waals surface area contributed by atoms with Crippen molar-refractivity contribution in [2.24, 2.45) is 5.92 Å². The van der Waals surface area contributed by atoms with Gasteiger partial charge in [-0.1, -0.05) is 38.1 Å². The van der Waals surface area contributed by atoms with E-state index in [1.165, 1.54) is 5.56 Å². The number of amides is 1. The van der Waals surface area contributed by atoms with Gasteiger partial charge in [0.25, 0.3) is 0 Å². The van der Waals surface area contributed by atoms with Crippen LogP contribution >= 0.6 is 0 Å². The lowest BCUT2D eigenvalue weighted by atomic mass is 9.96. The molecule has 1 fully saturated rings. The number of hydrogen-bond donors (Lipinski definition) is 1. The number of aromatic nitrogens is 2. The van der Waals surface area contributed by atoms with Crippen molar-refractivity contribution < 1.29 is 9.21 Å². The summed E-state index contributed by atoms with van der Waals surface area (Å²) in [6.07, 6.45) is 3.37. The molecule has 1 atom stereocenters. The minimum absolute atomic E-state index is 0.0527. The van der Waals surface area contributed by atoms with Crippen molar-refractivity contribution in [1.82, 2.24) is 9.97 Å². The van der Waals surface area contributed by atoms with Gasteiger partial charge in [-0.05, 0) is 48.6 Å². The molecule has 5 rings (SSSR count). The number of fused-ring (bicyclic) bond motifs is 3. The maximum atomic E-state index is 13.0. The predicted octanol–water partition coefficient (Wildman–Crippen LogP) is 5.35. The van der Waals surface area contributed by atoms with Gasteiger partial charge in [0.15, 0.2) is 11.4 Å². The Hall–Kier alpha value is -3.41. The van der Waals surface area contributed by atoms with Crippen LogP contribution in [0.1, 0.15) is 38.2 Å². The monoisotopic (exact) mass is 414 g/mol. The number of carbonyl (C=O) groups is 1. The molecular formula is C25H26N4O2. The van der Waals surface area contributed by atoms with E-state index in [0.29, 0.717) is 18.0 Å². The summed E-state index contributed by atoms with van der Waals surface area (Å²) in [4.78, 5) is 24.1. The number of nitrogens with zero attached hydrogens (tertiary/aromatic N) is 3. The fourth-order valence-electron chi connectivity index (χ4n) is 4.32. The first-order valence-corrected chi connectivity index (χ1v) is 10.9. The van der Waals surface area contributed by atoms with E-state index < -0.39 is 0 Å². The first-order valence-electron chi connectivity index (χ1n) is 10.9. The van der Waals surface area contributed by atoms with Crippen molar-refractivity contribution in [1.29, 1.82) is 0 Å². The summed E-state index contributed by atoms with van der Waals surface area (Å²) in [5.41, 5.74) is 4.41. The van der Waals surface area contributed by atoms with Crippen molar-refractivity contribution in [3.63, 3.8) is 0 Å². The molecule has 1 aliphatic heterocycles. The van der Waals surface area contributed by atoms with Crippen molar-refractivity contribution in [2.75, 3.05) is 23.3 Å². The van der Waals surface area contributed by atoms with E-state index in [0.717, 1.165) is 47.4 Å². The van der Waals surface area contributed by atoms with Crippen LogP contribution in [0.15, 0.2) is 59.3 Å². The Labute approximate surface area is 181 Å². The molecule has 1 saturated heterocycles. The van der Waals surface area contributed by atoms with Crippen molar-refractivity contribution >= 4 is 39.5 Å². The number of nitrogens with one attached hydrogen (secondary N) is 1. The van der Waals surface area contributed by atoms with Gasteiger partial charge in [-0.15, -0.1) is 0 Å². The van der Waals surface area contributed by atoms with Gasteiger partial charge in [0.2, 0.25) is 5.91 Å². The van der Waals surface area contributed by atoms with Crippen LogP contribution in [0.3, 0.4) is 0 Å². The molecule has 4 aromatic rings. The van der Waals surface area contributed by atoms with E-state index in [1.54, 1.807) is 6.33 Å². The Morgan fingerprint density at radius 2 is 1.94 bits per heavy atom. The summed E-state index contributed by atoms with van der Waals surface area (Å²) < 4.78 is 6.09. The van der Waals surface area contributed by atoms with Gasteiger partial charge < -0.3 is 14.6 Å². The number of piperidine rings is 1. The highest BCUT2D eigenvalue weighted by Crippen LogP contribution is 2.34. The topological polar surface area (TPSA) is 71.3 Å². The summed E-state index contributed by atoms with van der Waals surface area (Å²) in [7, 11) is 0. The molecule has 1 aliphatic rings. The largest absolute Gasteiger partial charge is 0.450 e. The quantitative estimate of drug-likeness (QED) is 0.487. The third-order valence-corrected chi connectivity index (χ3v) is 6.08. The second-order valence-electron chi connectivity index (χ2n) is 8.52. The van der Waals surface area contributed by atoms with Gasteiger partial charge in [-0.25, -0.2) is 9.97 Å². The zero-order valence-electron chi connectivity index (χ0n) is 17.8. The maximum Gasteiger partial charge on any atom is 0.229 e. The molecule has 0 bridgehead atoms. The molecule has 2 aromatic heterocycles. The zero-order valence-corrected chi connectivity index (χ0v) is 17.8. The lowest BCUT2D eigenvalue weighted by Crippen LogP contribution is -2.41. The molecule has 1 amide bonds. The molecule has 158 valence electrons. The summed E-state index contributed by atoms with van der Waals surface area (Å²) in [6, 6.07) is 16.0. The maximum absolute atomic E-state index is 13.0. The first kappa shape index (κ1) is 19.5. The fourth-order valence-corrected chi connectivity index (χ4v) is 4.32. The molecular weight excluding hydrogens is 388 g/mol. The summed E-state index contributed by atoms with van der Waals surface area (Å²) in [6.45, 7) is 5.78. The van der Waals surface area contributed by atoms with Gasteiger partial charge in [0.1, 0.15) is 17.4 Å². The van der Waals surface area contributed by atoms with E-state index in [4.69, 9.17) is 4.42 Å². The second kappa shape index (κ2) is 8.02. The van der Waals surface area contributed by atoms with Crippen molar-refractivity contribution in [3.05, 3.63) is 60.4 Å². The SMILES string of the molecule is CC(C)c1ccc(NC(=O)[C@@H]2CCCN(c3ncnc4c3oc3ccccc34)C2)cc1. The Morgan fingerprint density at radius 1 is 1.13 bits per heavy atom. The highest BCUT2D eigenvalue weighted by molar-refractivity contribution is 6.05. The average Bonchev–Trinajstić information content (AvgIpc) is 3.18. The number of hydrogen-bond acceptors (Lipinski definition) is 5. The Morgan fingerprint density at radius 3 is 2.74 bits per heavy atom. The smallest absolute Gasteiger partial charge is 0.229 e. The molecule has 1 N–H and O–H groups in total. The van der Waals surface area contributed by atoms with Crippen LogP contribution in [0, 0.1) is 5.92 Å². The van der Waals surface area contributed by atoms with E-state index in [1.807, 2.05) is 36.4 Å². The molecule has 6 nitrogen and oxygen atoms in total. The third kappa shape index (κ3) is 3.74. The normalized spacial score (nSPS) is 16.9. The van der Waals surface area contributed by atoms with Crippen molar-refractivity contribution in [2.45, 2.75) is 32.6 Å². The highest BCUT2D eigenvalue weighted by atomic mass is 16.3. The van der Waals surface area contributed by atoms with Crippen LogP contribution in [0.2, 0.25) is 0 Å². The molecule has 0 spiro atoms. The standard InChI is InChI=1S/C25H26N4O2/c1-16(2)17-9-11-19(12-10-17)28-25(30)18-6-5-13-29(14-18)24-23-22(26-15-27-24)20-7-3-4-8-21(20)31-23/h3-4,7-12,15-16,18H,5-6,13-14H2,1-2H3,(H,28,30)/t18-/m1/s1. The first-order chi connectivity index (χ1) is 15.1. The summed E-state index contributed by atoms with van der Waals surface area (Å²) in [5.74, 6) is 1.18. The van der Waals surface area contributed by atoms with Gasteiger partial charge in [0.05, 0.1) is 5.92 Å². The lowest BCUT2D eigenvalue weighted by molar-refractivity contribution is -0.120. The number of anilines is 2. The highest BCUT2D eigenvalue weighted by Gasteiger charge is 2.28. The predicted molar refractivity (Wildman–Crippen MR) is 123 cm³/mol. The summed E-state index contributed by atoms with van der Waals surface area (Å²) >= 11 is 0. The summed E-state index contributed by atoms with van der Waals surface area (Å²) in [5, 5.41) is 4.07. The minimum atomic E-state index is -0.104. The van der Waals surface area contributed by atoms with Crippen LogP contribution in [0.4, 0.5) is 11.5 Å². The van der Waals surface area contributed by atoms with Gasteiger partial charge in [-0.2, -0.15) is 0 Å².